The molecule has 31 heavy (non-hydrogen) atoms. The summed E-state index contributed by atoms with van der Waals surface area (Å²) in [6.45, 7) is 7.73. The number of ether oxygens (including phenoxy) is 1. The SMILES string of the molecule is CO/C=C/C(=C(/C)C=NC=O)c1cc(N2CCN(SCCN(C)C)CC2C)[nH]c(=O)c1. The van der Waals surface area contributed by atoms with Crippen LogP contribution in [0.1, 0.15) is 19.4 Å². The maximum absolute atomic E-state index is 12.5. The molecule has 1 aromatic rings. The standard InChI is InChI=1S/C22H33N5O3S/c1-17(14-23-16-28)20(6-10-30-5)19-12-21(24-22(29)13-19)27-8-7-26(15-18(27)2)31-11-9-25(3)4/h6,10,12-14,16,18H,7-9,11,15H2,1-5H3,(H,24,29)/b10-6+,20-17+,23-14?. The molecule has 0 aliphatic carbocycles. The molecule has 8 nitrogen and oxygen atoms in total. The van der Waals surface area contributed by atoms with Gasteiger partial charge in [-0.05, 0) is 56.8 Å². The van der Waals surface area contributed by atoms with Gasteiger partial charge in [-0.1, -0.05) is 11.9 Å². The molecule has 0 saturated carbocycles. The number of pyridine rings is 1. The molecule has 1 atom stereocenters. The van der Waals surface area contributed by atoms with Crippen molar-refractivity contribution in [3.05, 3.63) is 46.0 Å². The number of carbonyl (C=O) groups is 1. The Kier molecular flexibility index (Phi) is 10.0. The second-order valence-electron chi connectivity index (χ2n) is 7.70. The number of carbonyl (C=O) groups excluding carboxylic acids is 1. The van der Waals surface area contributed by atoms with Crippen LogP contribution in [0, 0.1) is 0 Å². The van der Waals surface area contributed by atoms with Crippen molar-refractivity contribution >= 4 is 36.0 Å². The van der Waals surface area contributed by atoms with Crippen LogP contribution < -0.4 is 10.5 Å². The third-order valence-electron chi connectivity index (χ3n) is 4.98. The summed E-state index contributed by atoms with van der Waals surface area (Å²) in [7, 11) is 5.73. The minimum atomic E-state index is -0.175. The number of nitrogens with one attached hydrogen (secondary N) is 1. The van der Waals surface area contributed by atoms with Crippen LogP contribution in [0.3, 0.4) is 0 Å². The van der Waals surface area contributed by atoms with E-state index in [0.29, 0.717) is 6.41 Å². The van der Waals surface area contributed by atoms with Crippen LogP contribution in [0.5, 0.6) is 0 Å². The van der Waals surface area contributed by atoms with E-state index >= 15 is 0 Å². The molecule has 1 aliphatic heterocycles. The number of aliphatic imine (C=N–C) groups is 1. The lowest BCUT2D eigenvalue weighted by molar-refractivity contribution is -0.106. The molecule has 1 N–H and O–H groups in total. The highest BCUT2D eigenvalue weighted by molar-refractivity contribution is 7.97. The summed E-state index contributed by atoms with van der Waals surface area (Å²) in [5, 5.41) is 0. The molecular weight excluding hydrogens is 414 g/mol. The molecule has 0 spiro atoms. The molecule has 2 heterocycles. The molecule has 170 valence electrons. The highest BCUT2D eigenvalue weighted by Gasteiger charge is 2.25. The zero-order chi connectivity index (χ0) is 22.8. The van der Waals surface area contributed by atoms with E-state index in [0.717, 1.165) is 54.5 Å². The van der Waals surface area contributed by atoms with E-state index < -0.39 is 0 Å². The van der Waals surface area contributed by atoms with Crippen molar-refractivity contribution in [2.75, 3.05) is 58.0 Å². The predicted molar refractivity (Wildman–Crippen MR) is 130 cm³/mol. The lowest BCUT2D eigenvalue weighted by Crippen LogP contribution is -2.50. The normalized spacial score (nSPS) is 18.8. The Balaban J connectivity index is 2.26. The second-order valence-corrected chi connectivity index (χ2v) is 8.89. The fourth-order valence-corrected chi connectivity index (χ4v) is 4.63. The monoisotopic (exact) mass is 447 g/mol. The molecule has 0 aromatic carbocycles. The van der Waals surface area contributed by atoms with Crippen LogP contribution in [0.15, 0.2) is 39.8 Å². The molecule has 1 fully saturated rings. The maximum Gasteiger partial charge on any atom is 0.250 e. The molecule has 1 aliphatic rings. The van der Waals surface area contributed by atoms with Gasteiger partial charge in [-0.3, -0.25) is 9.59 Å². The van der Waals surface area contributed by atoms with Gasteiger partial charge in [0.2, 0.25) is 12.0 Å². The topological polar surface area (TPSA) is 81.2 Å². The minimum absolute atomic E-state index is 0.175. The Morgan fingerprint density at radius 1 is 1.39 bits per heavy atom. The fourth-order valence-electron chi connectivity index (χ4n) is 3.39. The number of aromatic nitrogens is 1. The Hall–Kier alpha value is -2.36. The molecule has 0 radical (unpaired) electrons. The number of hydrogen-bond donors (Lipinski definition) is 1. The molecule has 1 amide bonds. The number of anilines is 1. The first-order chi connectivity index (χ1) is 14.8. The zero-order valence-electron chi connectivity index (χ0n) is 19.0. The number of allylic oxidation sites excluding steroid dienone is 3. The van der Waals surface area contributed by atoms with Gasteiger partial charge in [0, 0.05) is 50.3 Å². The average molecular weight is 448 g/mol. The maximum atomic E-state index is 12.5. The van der Waals surface area contributed by atoms with Crippen LogP contribution in [-0.4, -0.2) is 86.0 Å². The van der Waals surface area contributed by atoms with E-state index in [9.17, 15) is 9.59 Å². The average Bonchev–Trinajstić information content (AvgIpc) is 2.72. The smallest absolute Gasteiger partial charge is 0.250 e. The second kappa shape index (κ2) is 12.5. The molecule has 1 unspecified atom stereocenters. The first kappa shape index (κ1) is 24.9. The molecule has 2 rings (SSSR count). The first-order valence-corrected chi connectivity index (χ1v) is 11.2. The number of nitrogens with zero attached hydrogens (tertiary/aromatic N) is 4. The van der Waals surface area contributed by atoms with Crippen LogP contribution in [-0.2, 0) is 9.53 Å². The summed E-state index contributed by atoms with van der Waals surface area (Å²) >= 11 is 1.88. The van der Waals surface area contributed by atoms with Gasteiger partial charge in [0.25, 0.3) is 0 Å². The van der Waals surface area contributed by atoms with Gasteiger partial charge in [0.15, 0.2) is 0 Å². The predicted octanol–water partition coefficient (Wildman–Crippen LogP) is 2.26. The van der Waals surface area contributed by atoms with E-state index in [2.05, 4.69) is 45.1 Å². The largest absolute Gasteiger partial charge is 0.504 e. The minimum Gasteiger partial charge on any atom is -0.504 e. The number of amides is 1. The van der Waals surface area contributed by atoms with Gasteiger partial charge < -0.3 is 19.5 Å². The van der Waals surface area contributed by atoms with Gasteiger partial charge >= 0.3 is 0 Å². The van der Waals surface area contributed by atoms with Crippen molar-refractivity contribution in [1.82, 2.24) is 14.2 Å². The van der Waals surface area contributed by atoms with Gasteiger partial charge in [-0.25, -0.2) is 9.30 Å². The van der Waals surface area contributed by atoms with Gasteiger partial charge in [-0.15, -0.1) is 0 Å². The highest BCUT2D eigenvalue weighted by atomic mass is 32.2. The Labute approximate surface area is 188 Å². The molecular formula is C22H33N5O3S. The number of hydrogen-bond acceptors (Lipinski definition) is 7. The Bertz CT molecular complexity index is 878. The van der Waals surface area contributed by atoms with E-state index in [1.54, 1.807) is 25.5 Å². The third kappa shape index (κ3) is 7.68. The Morgan fingerprint density at radius 2 is 2.16 bits per heavy atom. The summed E-state index contributed by atoms with van der Waals surface area (Å²) < 4.78 is 7.47. The summed E-state index contributed by atoms with van der Waals surface area (Å²) in [5.74, 6) is 1.85. The molecule has 9 heteroatoms. The lowest BCUT2D eigenvalue weighted by atomic mass is 10.0. The Morgan fingerprint density at radius 3 is 2.81 bits per heavy atom. The highest BCUT2D eigenvalue weighted by Crippen LogP contribution is 2.26. The summed E-state index contributed by atoms with van der Waals surface area (Å²) in [5.41, 5.74) is 2.10. The summed E-state index contributed by atoms with van der Waals surface area (Å²) in [4.78, 5) is 34.2. The van der Waals surface area contributed by atoms with E-state index in [1.165, 1.54) is 6.21 Å². The van der Waals surface area contributed by atoms with Crippen molar-refractivity contribution in [1.29, 1.82) is 0 Å². The quantitative estimate of drug-likeness (QED) is 0.194. The van der Waals surface area contributed by atoms with E-state index in [1.807, 2.05) is 24.9 Å². The van der Waals surface area contributed by atoms with Crippen LogP contribution in [0.25, 0.3) is 5.57 Å². The van der Waals surface area contributed by atoms with Crippen molar-refractivity contribution in [2.24, 2.45) is 4.99 Å². The zero-order valence-corrected chi connectivity index (χ0v) is 19.8. The van der Waals surface area contributed by atoms with E-state index in [-0.39, 0.29) is 11.6 Å². The van der Waals surface area contributed by atoms with E-state index in [4.69, 9.17) is 4.74 Å². The number of piperazine rings is 1. The molecule has 1 saturated heterocycles. The van der Waals surface area contributed by atoms with Gasteiger partial charge in [0.1, 0.15) is 5.82 Å². The van der Waals surface area contributed by atoms with Gasteiger partial charge in [-0.2, -0.15) is 0 Å². The third-order valence-corrected chi connectivity index (χ3v) is 6.04. The first-order valence-electron chi connectivity index (χ1n) is 10.3. The summed E-state index contributed by atoms with van der Waals surface area (Å²) in [6.07, 6.45) is 5.28. The number of aromatic amines is 1. The van der Waals surface area contributed by atoms with Crippen LogP contribution >= 0.6 is 11.9 Å². The fraction of sp³-hybridized carbons (Fsp3) is 0.500. The molecule has 1 aromatic heterocycles. The van der Waals surface area contributed by atoms with Gasteiger partial charge in [0.05, 0.1) is 13.4 Å². The van der Waals surface area contributed by atoms with Crippen molar-refractivity contribution in [2.45, 2.75) is 19.9 Å². The van der Waals surface area contributed by atoms with Crippen LogP contribution in [0.4, 0.5) is 5.82 Å². The van der Waals surface area contributed by atoms with Crippen molar-refractivity contribution in [3.63, 3.8) is 0 Å². The number of methoxy groups -OCH3 is 1. The molecule has 0 bridgehead atoms. The van der Waals surface area contributed by atoms with Crippen molar-refractivity contribution < 1.29 is 9.53 Å². The summed E-state index contributed by atoms with van der Waals surface area (Å²) in [6, 6.07) is 3.78. The van der Waals surface area contributed by atoms with Crippen LogP contribution in [0.2, 0.25) is 0 Å². The lowest BCUT2D eigenvalue weighted by Gasteiger charge is -2.40. The number of H-pyrrole nitrogens is 1. The number of rotatable bonds is 10. The van der Waals surface area contributed by atoms with Crippen molar-refractivity contribution in [3.8, 4) is 0 Å².